The average Bonchev–Trinajstić information content (AvgIpc) is 2.22. The van der Waals surface area contributed by atoms with E-state index in [2.05, 4.69) is 36.1 Å². The van der Waals surface area contributed by atoms with E-state index >= 15 is 0 Å². The van der Waals surface area contributed by atoms with Crippen molar-refractivity contribution < 1.29 is 9.53 Å². The first-order valence-corrected chi connectivity index (χ1v) is 6.82. The average molecular weight is 279 g/mol. The van der Waals surface area contributed by atoms with Gasteiger partial charge in [0.15, 0.2) is 0 Å². The number of aromatic nitrogens is 2. The molecule has 1 aromatic heterocycles. The predicted molar refractivity (Wildman–Crippen MR) is 79.5 cm³/mol. The van der Waals surface area contributed by atoms with Gasteiger partial charge in [0.2, 0.25) is 0 Å². The summed E-state index contributed by atoms with van der Waals surface area (Å²) in [5.74, 6) is 0.346. The standard InChI is InChI=1S/C15H25N3O2/c1-14(2,3)8-11-7-12(18-10-17-11)16-9-13(19)20-15(4,5)6/h7,10H,8-9H2,1-6H3,(H,16,17,18). The SMILES string of the molecule is CC(C)(C)Cc1cc(NCC(=O)OC(C)(C)C)ncn1. The first-order chi connectivity index (χ1) is 9.05. The molecule has 5 nitrogen and oxygen atoms in total. The summed E-state index contributed by atoms with van der Waals surface area (Å²) in [5.41, 5.74) is 0.651. The van der Waals surface area contributed by atoms with E-state index in [1.54, 1.807) is 0 Å². The minimum absolute atomic E-state index is 0.100. The lowest BCUT2D eigenvalue weighted by molar-refractivity contribution is -0.152. The predicted octanol–water partition coefficient (Wildman–Crippen LogP) is 2.82. The Morgan fingerprint density at radius 2 is 1.85 bits per heavy atom. The molecule has 0 aliphatic rings. The molecule has 0 radical (unpaired) electrons. The quantitative estimate of drug-likeness (QED) is 0.859. The summed E-state index contributed by atoms with van der Waals surface area (Å²) >= 11 is 0. The lowest BCUT2D eigenvalue weighted by atomic mass is 9.90. The van der Waals surface area contributed by atoms with Crippen LogP contribution in [0.5, 0.6) is 0 Å². The Balaban J connectivity index is 2.57. The highest BCUT2D eigenvalue weighted by atomic mass is 16.6. The van der Waals surface area contributed by atoms with Crippen molar-refractivity contribution in [2.45, 2.75) is 53.6 Å². The molecule has 0 bridgehead atoms. The lowest BCUT2D eigenvalue weighted by Crippen LogP contribution is -2.28. The van der Waals surface area contributed by atoms with Crippen LogP contribution < -0.4 is 5.32 Å². The zero-order valence-corrected chi connectivity index (χ0v) is 13.3. The van der Waals surface area contributed by atoms with Gasteiger partial charge in [0.1, 0.15) is 24.3 Å². The molecule has 1 rings (SSSR count). The molecule has 0 aliphatic heterocycles. The van der Waals surface area contributed by atoms with Gasteiger partial charge in [-0.3, -0.25) is 4.79 Å². The monoisotopic (exact) mass is 279 g/mol. The Bertz CT molecular complexity index is 459. The van der Waals surface area contributed by atoms with Gasteiger partial charge >= 0.3 is 5.97 Å². The largest absolute Gasteiger partial charge is 0.459 e. The highest BCUT2D eigenvalue weighted by Crippen LogP contribution is 2.20. The van der Waals surface area contributed by atoms with E-state index in [4.69, 9.17) is 4.74 Å². The van der Waals surface area contributed by atoms with E-state index in [1.807, 2.05) is 26.8 Å². The summed E-state index contributed by atoms with van der Waals surface area (Å²) in [5, 5.41) is 2.97. The molecule has 20 heavy (non-hydrogen) atoms. The number of carbonyl (C=O) groups is 1. The van der Waals surface area contributed by atoms with E-state index in [9.17, 15) is 4.79 Å². The second-order valence-electron chi connectivity index (χ2n) is 7.07. The van der Waals surface area contributed by atoms with Crippen molar-refractivity contribution in [1.82, 2.24) is 9.97 Å². The van der Waals surface area contributed by atoms with Crippen LogP contribution in [0.3, 0.4) is 0 Å². The number of nitrogens with one attached hydrogen (secondary N) is 1. The van der Waals surface area contributed by atoms with Gasteiger partial charge in [0.25, 0.3) is 0 Å². The molecule has 0 atom stereocenters. The third-order valence-corrected chi connectivity index (χ3v) is 2.27. The summed E-state index contributed by atoms with van der Waals surface area (Å²) in [7, 11) is 0. The number of hydrogen-bond acceptors (Lipinski definition) is 5. The maximum absolute atomic E-state index is 11.6. The van der Waals surface area contributed by atoms with Crippen LogP contribution in [0.15, 0.2) is 12.4 Å². The second-order valence-corrected chi connectivity index (χ2v) is 7.07. The van der Waals surface area contributed by atoms with Crippen molar-refractivity contribution in [2.24, 2.45) is 5.41 Å². The van der Waals surface area contributed by atoms with E-state index < -0.39 is 5.60 Å². The van der Waals surface area contributed by atoms with E-state index in [0.29, 0.717) is 5.82 Å². The fraction of sp³-hybridized carbons (Fsp3) is 0.667. The van der Waals surface area contributed by atoms with Gasteiger partial charge in [0, 0.05) is 11.8 Å². The summed E-state index contributed by atoms with van der Waals surface area (Å²) in [6, 6.07) is 1.87. The Hall–Kier alpha value is -1.65. The molecule has 0 amide bonds. The van der Waals surface area contributed by atoms with Crippen molar-refractivity contribution in [3.05, 3.63) is 18.1 Å². The molecule has 112 valence electrons. The van der Waals surface area contributed by atoms with Gasteiger partial charge < -0.3 is 10.1 Å². The van der Waals surface area contributed by atoms with Crippen molar-refractivity contribution >= 4 is 11.8 Å². The molecule has 0 saturated heterocycles. The molecule has 5 heteroatoms. The Morgan fingerprint density at radius 1 is 1.20 bits per heavy atom. The van der Waals surface area contributed by atoms with Crippen molar-refractivity contribution in [3.63, 3.8) is 0 Å². The Labute approximate surface area is 121 Å². The smallest absolute Gasteiger partial charge is 0.325 e. The number of rotatable bonds is 4. The first kappa shape index (κ1) is 16.4. The molecule has 0 aromatic carbocycles. The van der Waals surface area contributed by atoms with Crippen LogP contribution >= 0.6 is 0 Å². The van der Waals surface area contributed by atoms with Gasteiger partial charge in [-0.15, -0.1) is 0 Å². The summed E-state index contributed by atoms with van der Waals surface area (Å²) in [6.07, 6.45) is 2.37. The van der Waals surface area contributed by atoms with Crippen LogP contribution in [0.4, 0.5) is 5.82 Å². The molecule has 0 saturated carbocycles. The Morgan fingerprint density at radius 3 is 2.40 bits per heavy atom. The molecule has 1 aromatic rings. The number of carbonyl (C=O) groups excluding carboxylic acids is 1. The molecule has 1 N–H and O–H groups in total. The molecular weight excluding hydrogens is 254 g/mol. The third-order valence-electron chi connectivity index (χ3n) is 2.27. The topological polar surface area (TPSA) is 64.1 Å². The summed E-state index contributed by atoms with van der Waals surface area (Å²) in [6.45, 7) is 12.1. The molecule has 0 unspecified atom stereocenters. The molecule has 1 heterocycles. The summed E-state index contributed by atoms with van der Waals surface area (Å²) in [4.78, 5) is 20.0. The van der Waals surface area contributed by atoms with Crippen LogP contribution in [0.1, 0.15) is 47.2 Å². The summed E-state index contributed by atoms with van der Waals surface area (Å²) < 4.78 is 5.23. The van der Waals surface area contributed by atoms with Crippen molar-refractivity contribution in [2.75, 3.05) is 11.9 Å². The maximum atomic E-state index is 11.6. The van der Waals surface area contributed by atoms with E-state index in [1.165, 1.54) is 6.33 Å². The van der Waals surface area contributed by atoms with Gasteiger partial charge in [0.05, 0.1) is 0 Å². The van der Waals surface area contributed by atoms with E-state index in [-0.39, 0.29) is 17.9 Å². The number of hydrogen-bond donors (Lipinski definition) is 1. The fourth-order valence-electron chi connectivity index (χ4n) is 1.67. The number of nitrogens with zero attached hydrogens (tertiary/aromatic N) is 2. The highest BCUT2D eigenvalue weighted by Gasteiger charge is 2.16. The minimum atomic E-state index is -0.470. The van der Waals surface area contributed by atoms with Gasteiger partial charge in [-0.1, -0.05) is 20.8 Å². The zero-order valence-electron chi connectivity index (χ0n) is 13.3. The van der Waals surface area contributed by atoms with Crippen molar-refractivity contribution in [1.29, 1.82) is 0 Å². The van der Waals surface area contributed by atoms with Gasteiger partial charge in [-0.25, -0.2) is 9.97 Å². The number of esters is 1. The van der Waals surface area contributed by atoms with Gasteiger partial charge in [-0.2, -0.15) is 0 Å². The Kier molecular flexibility index (Phi) is 5.09. The second kappa shape index (κ2) is 6.20. The van der Waals surface area contributed by atoms with Crippen LogP contribution in [0.25, 0.3) is 0 Å². The normalized spacial score (nSPS) is 12.1. The van der Waals surface area contributed by atoms with Crippen LogP contribution in [0, 0.1) is 5.41 Å². The number of anilines is 1. The van der Waals surface area contributed by atoms with Crippen molar-refractivity contribution in [3.8, 4) is 0 Å². The van der Waals surface area contributed by atoms with E-state index in [0.717, 1.165) is 12.1 Å². The highest BCUT2D eigenvalue weighted by molar-refractivity contribution is 5.74. The van der Waals surface area contributed by atoms with Crippen LogP contribution in [0.2, 0.25) is 0 Å². The maximum Gasteiger partial charge on any atom is 0.325 e. The molecular formula is C15H25N3O2. The van der Waals surface area contributed by atoms with Crippen LogP contribution in [-0.2, 0) is 16.0 Å². The third kappa shape index (κ3) is 7.07. The molecule has 0 spiro atoms. The first-order valence-electron chi connectivity index (χ1n) is 6.82. The van der Waals surface area contributed by atoms with Crippen LogP contribution in [-0.4, -0.2) is 28.1 Å². The minimum Gasteiger partial charge on any atom is -0.459 e. The zero-order chi connectivity index (χ0) is 15.4. The van der Waals surface area contributed by atoms with Gasteiger partial charge in [-0.05, 0) is 32.6 Å². The molecule has 0 fully saturated rings. The molecule has 0 aliphatic carbocycles. The number of ether oxygens (including phenoxy) is 1. The fourth-order valence-corrected chi connectivity index (χ4v) is 1.67. The lowest BCUT2D eigenvalue weighted by Gasteiger charge is -2.20.